The van der Waals surface area contributed by atoms with Gasteiger partial charge < -0.3 is 11.3 Å². The summed E-state index contributed by atoms with van der Waals surface area (Å²) in [5, 5.41) is 0. The third-order valence-electron chi connectivity index (χ3n) is 1.88. The van der Waals surface area contributed by atoms with E-state index in [0.717, 1.165) is 17.0 Å². The van der Waals surface area contributed by atoms with Crippen LogP contribution >= 0.6 is 0 Å². The summed E-state index contributed by atoms with van der Waals surface area (Å²) in [6.07, 6.45) is 0. The second kappa shape index (κ2) is 4.41. The zero-order valence-corrected chi connectivity index (χ0v) is 8.45. The number of rotatable bonds is 1. The minimum absolute atomic E-state index is 0. The third kappa shape index (κ3) is 2.04. The number of nitrogens with zero attached hydrogens (tertiary/aromatic N) is 1. The van der Waals surface area contributed by atoms with E-state index in [-0.39, 0.29) is 18.9 Å². The van der Waals surface area contributed by atoms with Gasteiger partial charge in [0.25, 0.3) is 0 Å². The Balaban J connectivity index is 0.000000980. The van der Waals surface area contributed by atoms with E-state index < -0.39 is 0 Å². The molecule has 0 saturated carbocycles. The summed E-state index contributed by atoms with van der Waals surface area (Å²) in [6, 6.07) is 9.90. The smallest absolute Gasteiger partial charge is 0.472 e. The van der Waals surface area contributed by atoms with E-state index >= 15 is 0 Å². The maximum absolute atomic E-state index is 5.38. The van der Waals surface area contributed by atoms with Gasteiger partial charge in [-0.25, -0.2) is 4.98 Å². The summed E-state index contributed by atoms with van der Waals surface area (Å²) in [5.74, 6) is 1.28. The topological polar surface area (TPSA) is 26.0 Å². The van der Waals surface area contributed by atoms with Gasteiger partial charge in [0.2, 0.25) is 0 Å². The second-order valence-electron chi connectivity index (χ2n) is 2.89. The molecule has 2 nitrogen and oxygen atoms in total. The fourth-order valence-corrected chi connectivity index (χ4v) is 1.31. The van der Waals surface area contributed by atoms with Crippen molar-refractivity contribution in [1.29, 1.82) is 0 Å². The first-order chi connectivity index (χ1) is 6.27. The molecule has 0 bridgehead atoms. The van der Waals surface area contributed by atoms with Crippen LogP contribution in [-0.2, 0) is 0 Å². The standard InChI is InChI=1S/C11H10NO.Li/c1-8-11(13-9(2)12-8)10-6-4-3-5-7-10;/h3-7H,2H2,1H3;/q-1;+1. The monoisotopic (exact) mass is 179 g/mol. The number of aryl methyl sites for hydroxylation is 1. The second-order valence-corrected chi connectivity index (χ2v) is 2.89. The molecule has 1 heterocycles. The molecule has 1 aromatic heterocycles. The third-order valence-corrected chi connectivity index (χ3v) is 1.88. The molecule has 2 rings (SSSR count). The normalized spacial score (nSPS) is 9.50. The summed E-state index contributed by atoms with van der Waals surface area (Å²) in [6.45, 7) is 5.57. The van der Waals surface area contributed by atoms with Crippen molar-refractivity contribution in [3.05, 3.63) is 48.8 Å². The Morgan fingerprint density at radius 1 is 1.21 bits per heavy atom. The Kier molecular flexibility index (Phi) is 3.46. The molecular formula is C11H10LiNO. The average molecular weight is 179 g/mol. The van der Waals surface area contributed by atoms with Gasteiger partial charge in [0.05, 0.1) is 11.6 Å². The number of benzene rings is 1. The van der Waals surface area contributed by atoms with Crippen molar-refractivity contribution in [3.8, 4) is 11.3 Å². The predicted molar refractivity (Wildman–Crippen MR) is 51.1 cm³/mol. The van der Waals surface area contributed by atoms with Gasteiger partial charge in [-0.05, 0) is 6.92 Å². The van der Waals surface area contributed by atoms with Crippen molar-refractivity contribution >= 4 is 0 Å². The van der Waals surface area contributed by atoms with E-state index in [1.165, 1.54) is 0 Å². The van der Waals surface area contributed by atoms with Gasteiger partial charge in [0, 0.05) is 5.56 Å². The van der Waals surface area contributed by atoms with Crippen molar-refractivity contribution < 1.29 is 23.3 Å². The van der Waals surface area contributed by atoms with Crippen molar-refractivity contribution in [1.82, 2.24) is 4.98 Å². The summed E-state index contributed by atoms with van der Waals surface area (Å²) in [4.78, 5) is 4.11. The summed E-state index contributed by atoms with van der Waals surface area (Å²) >= 11 is 0. The summed E-state index contributed by atoms with van der Waals surface area (Å²) < 4.78 is 5.38. The fraction of sp³-hybridized carbons (Fsp3) is 0.0909. The minimum atomic E-state index is 0. The zero-order chi connectivity index (χ0) is 9.26. The van der Waals surface area contributed by atoms with Gasteiger partial charge in [-0.2, -0.15) is 0 Å². The van der Waals surface area contributed by atoms with Gasteiger partial charge >= 0.3 is 18.9 Å². The first kappa shape index (κ1) is 11.0. The van der Waals surface area contributed by atoms with E-state index in [2.05, 4.69) is 11.9 Å². The van der Waals surface area contributed by atoms with Crippen LogP contribution < -0.4 is 18.9 Å². The summed E-state index contributed by atoms with van der Waals surface area (Å²) in [7, 11) is 0. The molecule has 0 aliphatic heterocycles. The van der Waals surface area contributed by atoms with Crippen LogP contribution in [0, 0.1) is 13.8 Å². The summed E-state index contributed by atoms with van der Waals surface area (Å²) in [5.41, 5.74) is 1.93. The molecule has 2 aromatic rings. The Bertz CT molecular complexity index is 408. The molecule has 1 aromatic carbocycles. The molecule has 66 valence electrons. The predicted octanol–water partition coefficient (Wildman–Crippen LogP) is -0.164. The maximum Gasteiger partial charge on any atom is 1.00 e. The van der Waals surface area contributed by atoms with Gasteiger partial charge in [-0.3, -0.25) is 0 Å². The van der Waals surface area contributed by atoms with Crippen molar-refractivity contribution in [2.75, 3.05) is 0 Å². The fourth-order valence-electron chi connectivity index (χ4n) is 1.31. The van der Waals surface area contributed by atoms with E-state index in [1.807, 2.05) is 37.3 Å². The van der Waals surface area contributed by atoms with Crippen LogP contribution in [0.1, 0.15) is 11.6 Å². The molecule has 0 atom stereocenters. The van der Waals surface area contributed by atoms with Crippen LogP contribution in [0.15, 0.2) is 34.7 Å². The molecule has 0 radical (unpaired) electrons. The average Bonchev–Trinajstić information content (AvgIpc) is 2.47. The Labute approximate surface area is 95.5 Å². The molecule has 0 unspecified atom stereocenters. The maximum atomic E-state index is 5.38. The van der Waals surface area contributed by atoms with Gasteiger partial charge in [-0.1, -0.05) is 30.3 Å². The molecule has 14 heavy (non-hydrogen) atoms. The molecule has 0 aliphatic rings. The molecule has 0 aliphatic carbocycles. The van der Waals surface area contributed by atoms with Gasteiger partial charge in [0.15, 0.2) is 5.76 Å². The van der Waals surface area contributed by atoms with Crippen LogP contribution in [0.4, 0.5) is 0 Å². The molecule has 0 spiro atoms. The van der Waals surface area contributed by atoms with E-state index in [1.54, 1.807) is 0 Å². The van der Waals surface area contributed by atoms with E-state index in [0.29, 0.717) is 5.89 Å². The number of hydrogen-bond donors (Lipinski definition) is 0. The molecule has 0 fully saturated rings. The van der Waals surface area contributed by atoms with Gasteiger partial charge in [0.1, 0.15) is 0 Å². The Hall–Kier alpha value is -1.10. The Morgan fingerprint density at radius 3 is 2.36 bits per heavy atom. The largest absolute Gasteiger partial charge is 1.00 e. The molecule has 0 saturated heterocycles. The van der Waals surface area contributed by atoms with Crippen molar-refractivity contribution in [2.45, 2.75) is 6.92 Å². The van der Waals surface area contributed by atoms with Crippen LogP contribution in [0.2, 0.25) is 0 Å². The molecule has 0 amide bonds. The Morgan fingerprint density at radius 2 is 1.86 bits per heavy atom. The first-order valence-electron chi connectivity index (χ1n) is 4.12. The minimum Gasteiger partial charge on any atom is -0.472 e. The molecule has 0 N–H and O–H groups in total. The van der Waals surface area contributed by atoms with Crippen LogP contribution in [0.5, 0.6) is 0 Å². The SMILES string of the molecule is [CH2-]c1nc(C)c(-c2ccccc2)o1.[Li+]. The zero-order valence-electron chi connectivity index (χ0n) is 8.45. The number of aromatic nitrogens is 1. The van der Waals surface area contributed by atoms with Crippen LogP contribution in [0.3, 0.4) is 0 Å². The van der Waals surface area contributed by atoms with Crippen molar-refractivity contribution in [2.24, 2.45) is 0 Å². The number of hydrogen-bond acceptors (Lipinski definition) is 2. The van der Waals surface area contributed by atoms with E-state index in [9.17, 15) is 0 Å². The van der Waals surface area contributed by atoms with Crippen LogP contribution in [-0.4, -0.2) is 4.98 Å². The molecule has 3 heteroatoms. The number of oxazole rings is 1. The van der Waals surface area contributed by atoms with Gasteiger partial charge in [-0.15, -0.1) is 0 Å². The van der Waals surface area contributed by atoms with Crippen molar-refractivity contribution in [3.63, 3.8) is 0 Å². The first-order valence-corrected chi connectivity index (χ1v) is 4.12. The van der Waals surface area contributed by atoms with Crippen LogP contribution in [0.25, 0.3) is 11.3 Å². The quantitative estimate of drug-likeness (QED) is 0.449. The van der Waals surface area contributed by atoms with E-state index in [4.69, 9.17) is 4.42 Å². The molecular weight excluding hydrogens is 169 g/mol.